The molecule has 0 saturated carbocycles. The first kappa shape index (κ1) is 24.3. The van der Waals surface area contributed by atoms with Gasteiger partial charge in [0.05, 0.1) is 11.4 Å². The number of benzene rings is 1. The van der Waals surface area contributed by atoms with Crippen molar-refractivity contribution in [1.82, 2.24) is 24.1 Å². The van der Waals surface area contributed by atoms with Gasteiger partial charge in [-0.1, -0.05) is 23.8 Å². The van der Waals surface area contributed by atoms with Crippen molar-refractivity contribution >= 4 is 17.4 Å². The molecule has 0 spiro atoms. The molecule has 3 heterocycles. The zero-order valence-electron chi connectivity index (χ0n) is 19.9. The maximum absolute atomic E-state index is 11.9. The predicted molar refractivity (Wildman–Crippen MR) is 133 cm³/mol. The van der Waals surface area contributed by atoms with Gasteiger partial charge in [-0.2, -0.15) is 9.36 Å². The van der Waals surface area contributed by atoms with E-state index in [0.717, 1.165) is 41.9 Å². The second-order valence-electron chi connectivity index (χ2n) is 8.83. The lowest BCUT2D eigenvalue weighted by molar-refractivity contribution is -0.135. The van der Waals surface area contributed by atoms with E-state index in [1.165, 1.54) is 22.0 Å². The van der Waals surface area contributed by atoms with Crippen molar-refractivity contribution in [2.24, 2.45) is 0 Å². The fourth-order valence-electron chi connectivity index (χ4n) is 4.18. The fraction of sp³-hybridized carbons (Fsp3) is 0.440. The van der Waals surface area contributed by atoms with Crippen LogP contribution in [0.25, 0.3) is 22.5 Å². The molecule has 1 aliphatic rings. The lowest BCUT2D eigenvalue weighted by atomic mass is 9.90. The number of piperidine rings is 1. The van der Waals surface area contributed by atoms with Crippen molar-refractivity contribution in [3.05, 3.63) is 47.0 Å². The summed E-state index contributed by atoms with van der Waals surface area (Å²) >= 11 is 1.51. The smallest absolute Gasteiger partial charge is 0.316 e. The molecule has 1 aliphatic heterocycles. The number of likely N-dealkylation sites (N-methyl/N-ethyl adjacent to an activating group) is 1. The molecule has 3 aromatic rings. The number of aryl methyl sites for hydroxylation is 1. The Kier molecular flexibility index (Phi) is 7.87. The van der Waals surface area contributed by atoms with Crippen LogP contribution in [0.2, 0.25) is 0 Å². The van der Waals surface area contributed by atoms with Gasteiger partial charge in [-0.05, 0) is 63.4 Å². The third kappa shape index (κ3) is 5.60. The largest absolute Gasteiger partial charge is 0.462 e. The van der Waals surface area contributed by atoms with Crippen LogP contribution in [-0.2, 0) is 4.79 Å². The van der Waals surface area contributed by atoms with Crippen LogP contribution in [0.1, 0.15) is 29.2 Å². The number of carbonyl (C=O) groups excluding carboxylic acids is 1. The van der Waals surface area contributed by atoms with Gasteiger partial charge in [0.15, 0.2) is 0 Å². The number of ether oxygens (including phenoxy) is 1. The zero-order chi connectivity index (χ0) is 24.1. The normalized spacial score (nSPS) is 14.6. The summed E-state index contributed by atoms with van der Waals surface area (Å²) < 4.78 is 10.7. The number of aromatic nitrogens is 3. The maximum Gasteiger partial charge on any atom is 0.316 e. The minimum Gasteiger partial charge on any atom is -0.462 e. The molecule has 4 rings (SSSR count). The van der Waals surface area contributed by atoms with Crippen LogP contribution < -0.4 is 4.74 Å². The summed E-state index contributed by atoms with van der Waals surface area (Å²) in [4.78, 5) is 25.9. The molecular weight excluding hydrogens is 450 g/mol. The Bertz CT molecular complexity index is 1130. The minimum atomic E-state index is -0.439. The fourth-order valence-corrected chi connectivity index (χ4v) is 5.24. The minimum absolute atomic E-state index is 0.209. The van der Waals surface area contributed by atoms with Gasteiger partial charge in [-0.15, -0.1) is 0 Å². The first-order chi connectivity index (χ1) is 16.5. The van der Waals surface area contributed by atoms with Crippen LogP contribution in [0, 0.1) is 6.92 Å². The van der Waals surface area contributed by atoms with E-state index < -0.39 is 6.61 Å². The second-order valence-corrected chi connectivity index (χ2v) is 9.63. The molecule has 1 N–H and O–H groups in total. The molecule has 1 aromatic carbocycles. The van der Waals surface area contributed by atoms with Gasteiger partial charge in [-0.25, -0.2) is 4.98 Å². The lowest BCUT2D eigenvalue weighted by Crippen LogP contribution is -2.39. The summed E-state index contributed by atoms with van der Waals surface area (Å²) in [6, 6.07) is 10.6. The highest BCUT2D eigenvalue weighted by Crippen LogP contribution is 2.43. The van der Waals surface area contributed by atoms with E-state index in [1.807, 2.05) is 26.2 Å². The van der Waals surface area contributed by atoms with Crippen molar-refractivity contribution in [2.75, 3.05) is 46.9 Å². The topological polar surface area (TPSA) is 91.7 Å². The van der Waals surface area contributed by atoms with Crippen LogP contribution in [0.3, 0.4) is 0 Å². The average molecular weight is 482 g/mol. The second kappa shape index (κ2) is 11.0. The van der Waals surface area contributed by atoms with Crippen LogP contribution in [0.4, 0.5) is 0 Å². The number of aliphatic hydroxyl groups is 1. The number of rotatable bonds is 8. The van der Waals surface area contributed by atoms with E-state index in [0.29, 0.717) is 25.7 Å². The van der Waals surface area contributed by atoms with Crippen LogP contribution in [0.5, 0.6) is 6.01 Å². The Labute approximate surface area is 204 Å². The van der Waals surface area contributed by atoms with Gasteiger partial charge < -0.3 is 19.6 Å². The Hall–Kier alpha value is -2.88. The summed E-state index contributed by atoms with van der Waals surface area (Å²) in [6.45, 7) is 4.18. The summed E-state index contributed by atoms with van der Waals surface area (Å²) in [7, 11) is 4.00. The van der Waals surface area contributed by atoms with Gasteiger partial charge in [0.2, 0.25) is 5.91 Å². The van der Waals surface area contributed by atoms with E-state index >= 15 is 0 Å². The van der Waals surface area contributed by atoms with E-state index in [2.05, 4.69) is 35.0 Å². The van der Waals surface area contributed by atoms with Crippen molar-refractivity contribution < 1.29 is 14.6 Å². The number of amides is 1. The third-order valence-corrected chi connectivity index (χ3v) is 7.03. The predicted octanol–water partition coefficient (Wildman–Crippen LogP) is 3.21. The average Bonchev–Trinajstić information content (AvgIpc) is 3.29. The molecule has 8 nitrogen and oxygen atoms in total. The van der Waals surface area contributed by atoms with Crippen LogP contribution >= 0.6 is 11.5 Å². The zero-order valence-corrected chi connectivity index (χ0v) is 20.7. The number of carbonyl (C=O) groups is 1. The number of likely N-dealkylation sites (tertiary alicyclic amines) is 1. The molecule has 0 radical (unpaired) electrons. The number of hydrogen-bond acceptors (Lipinski definition) is 8. The van der Waals surface area contributed by atoms with Gasteiger partial charge in [-0.3, -0.25) is 4.79 Å². The molecule has 0 aliphatic carbocycles. The van der Waals surface area contributed by atoms with Gasteiger partial charge >= 0.3 is 6.01 Å². The van der Waals surface area contributed by atoms with E-state index in [4.69, 9.17) is 14.1 Å². The van der Waals surface area contributed by atoms with Gasteiger partial charge in [0.1, 0.15) is 13.2 Å². The molecular formula is C25H31N5O3S. The summed E-state index contributed by atoms with van der Waals surface area (Å²) in [5, 5.41) is 9.20. The van der Waals surface area contributed by atoms with Crippen molar-refractivity contribution in [2.45, 2.75) is 25.7 Å². The third-order valence-electron chi connectivity index (χ3n) is 6.02. The molecule has 9 heteroatoms. The molecule has 0 atom stereocenters. The van der Waals surface area contributed by atoms with Gasteiger partial charge in [0, 0.05) is 41.8 Å². The van der Waals surface area contributed by atoms with E-state index in [1.54, 1.807) is 11.1 Å². The summed E-state index contributed by atoms with van der Waals surface area (Å²) in [5.74, 6) is 0.0561. The lowest BCUT2D eigenvalue weighted by Gasteiger charge is -2.31. The number of nitrogens with zero attached hydrogens (tertiary/aromatic N) is 5. The SMILES string of the molecule is Cc1cccc(-c2nsc(C3CCN(C(=O)CO)CC3)c2-c2ccnc(OCCN(C)C)n2)c1. The van der Waals surface area contributed by atoms with Crippen LogP contribution in [-0.4, -0.2) is 82.1 Å². The summed E-state index contributed by atoms with van der Waals surface area (Å²) in [6.07, 6.45) is 3.38. The quantitative estimate of drug-likeness (QED) is 0.528. The molecule has 34 heavy (non-hydrogen) atoms. The Morgan fingerprint density at radius 2 is 2.06 bits per heavy atom. The molecule has 180 valence electrons. The first-order valence-electron chi connectivity index (χ1n) is 11.5. The van der Waals surface area contributed by atoms with Crippen molar-refractivity contribution in [1.29, 1.82) is 0 Å². The standard InChI is InChI=1S/C25H31N5O3S/c1-17-5-4-6-19(15-17)23-22(20-7-10-26-25(27-20)33-14-13-29(2)3)24(34-28-23)18-8-11-30(12-9-18)21(32)16-31/h4-7,10,15,18,31H,8-9,11-14,16H2,1-3H3. The molecule has 0 unspecified atom stereocenters. The highest BCUT2D eigenvalue weighted by Gasteiger charge is 2.29. The number of hydrogen-bond donors (Lipinski definition) is 1. The first-order valence-corrected chi connectivity index (χ1v) is 12.3. The highest BCUT2D eigenvalue weighted by molar-refractivity contribution is 7.06. The summed E-state index contributed by atoms with van der Waals surface area (Å²) in [5.41, 5.74) is 4.95. The Morgan fingerprint density at radius 3 is 2.76 bits per heavy atom. The molecule has 2 aromatic heterocycles. The Morgan fingerprint density at radius 1 is 1.26 bits per heavy atom. The maximum atomic E-state index is 11.9. The monoisotopic (exact) mass is 481 g/mol. The molecule has 1 amide bonds. The van der Waals surface area contributed by atoms with Gasteiger partial charge in [0.25, 0.3) is 0 Å². The van der Waals surface area contributed by atoms with E-state index in [-0.39, 0.29) is 11.8 Å². The van der Waals surface area contributed by atoms with Crippen LogP contribution in [0.15, 0.2) is 36.5 Å². The Balaban J connectivity index is 1.68. The van der Waals surface area contributed by atoms with Crippen molar-refractivity contribution in [3.8, 4) is 28.5 Å². The van der Waals surface area contributed by atoms with E-state index in [9.17, 15) is 9.90 Å². The molecule has 0 bridgehead atoms. The highest BCUT2D eigenvalue weighted by atomic mass is 32.1. The molecule has 1 saturated heterocycles. The number of aliphatic hydroxyl groups excluding tert-OH is 1. The molecule has 1 fully saturated rings. The van der Waals surface area contributed by atoms with Crippen molar-refractivity contribution in [3.63, 3.8) is 0 Å².